The summed E-state index contributed by atoms with van der Waals surface area (Å²) in [5, 5.41) is 0. The lowest BCUT2D eigenvalue weighted by atomic mass is 10.00. The molecule has 0 aromatic heterocycles. The molecule has 2 aliphatic rings. The van der Waals surface area contributed by atoms with Crippen LogP contribution in [-0.2, 0) is 11.2 Å². The van der Waals surface area contributed by atoms with E-state index < -0.39 is 0 Å². The van der Waals surface area contributed by atoms with E-state index in [1.165, 1.54) is 30.5 Å². The highest BCUT2D eigenvalue weighted by Gasteiger charge is 2.24. The predicted molar refractivity (Wildman–Crippen MR) is 70.4 cm³/mol. The van der Waals surface area contributed by atoms with Gasteiger partial charge in [-0.15, -0.1) is 0 Å². The van der Waals surface area contributed by atoms with Crippen LogP contribution < -0.4 is 10.6 Å². The Bertz CT molecular complexity index is 399. The summed E-state index contributed by atoms with van der Waals surface area (Å²) in [5.41, 5.74) is 9.70. The zero-order valence-electron chi connectivity index (χ0n) is 10.2. The van der Waals surface area contributed by atoms with Crippen LogP contribution in [0.25, 0.3) is 0 Å². The molecule has 3 rings (SSSR count). The van der Waals surface area contributed by atoms with Crippen molar-refractivity contribution in [1.82, 2.24) is 0 Å². The average Bonchev–Trinajstić information content (AvgIpc) is 2.82. The molecule has 0 spiro atoms. The summed E-state index contributed by atoms with van der Waals surface area (Å²) < 4.78 is 5.73. The number of hydrogen-bond donors (Lipinski definition) is 1. The van der Waals surface area contributed by atoms with Crippen molar-refractivity contribution in [3.8, 4) is 0 Å². The van der Waals surface area contributed by atoms with Crippen LogP contribution in [0.2, 0.25) is 0 Å². The Labute approximate surface area is 103 Å². The number of nitrogen functional groups attached to an aromatic ring is 1. The molecule has 1 aromatic rings. The first-order valence-electron chi connectivity index (χ1n) is 6.58. The molecule has 0 amide bonds. The highest BCUT2D eigenvalue weighted by atomic mass is 16.5. The number of anilines is 2. The summed E-state index contributed by atoms with van der Waals surface area (Å²) in [7, 11) is 0. The Kier molecular flexibility index (Phi) is 2.93. The molecule has 2 N–H and O–H groups in total. The summed E-state index contributed by atoms with van der Waals surface area (Å²) in [5.74, 6) is 0. The SMILES string of the molecule is Nc1cccc2c1N(CC1CCCO1)CCC2. The zero-order valence-corrected chi connectivity index (χ0v) is 10.2. The quantitative estimate of drug-likeness (QED) is 0.794. The van der Waals surface area contributed by atoms with Gasteiger partial charge in [0.05, 0.1) is 17.5 Å². The van der Waals surface area contributed by atoms with Gasteiger partial charge < -0.3 is 15.4 Å². The lowest BCUT2D eigenvalue weighted by Gasteiger charge is -2.34. The van der Waals surface area contributed by atoms with Crippen LogP contribution in [0.3, 0.4) is 0 Å². The summed E-state index contributed by atoms with van der Waals surface area (Å²) >= 11 is 0. The Morgan fingerprint density at radius 1 is 1.35 bits per heavy atom. The summed E-state index contributed by atoms with van der Waals surface area (Å²) in [6.07, 6.45) is 5.18. The first-order chi connectivity index (χ1) is 8.34. The number of benzene rings is 1. The van der Waals surface area contributed by atoms with Gasteiger partial charge in [0.15, 0.2) is 0 Å². The van der Waals surface area contributed by atoms with Crippen molar-refractivity contribution in [2.45, 2.75) is 31.8 Å². The molecular formula is C14H20N2O. The van der Waals surface area contributed by atoms with Gasteiger partial charge in [-0.05, 0) is 37.3 Å². The largest absolute Gasteiger partial charge is 0.397 e. The van der Waals surface area contributed by atoms with Crippen molar-refractivity contribution in [1.29, 1.82) is 0 Å². The maximum Gasteiger partial charge on any atom is 0.0750 e. The minimum Gasteiger partial charge on any atom is -0.397 e. The molecule has 1 saturated heterocycles. The van der Waals surface area contributed by atoms with E-state index in [-0.39, 0.29) is 0 Å². The van der Waals surface area contributed by atoms with E-state index in [9.17, 15) is 0 Å². The molecule has 0 saturated carbocycles. The normalized spacial score (nSPS) is 23.8. The van der Waals surface area contributed by atoms with Gasteiger partial charge >= 0.3 is 0 Å². The highest BCUT2D eigenvalue weighted by Crippen LogP contribution is 2.33. The predicted octanol–water partition coefficient (Wildman–Crippen LogP) is 2.20. The Balaban J connectivity index is 1.83. The van der Waals surface area contributed by atoms with Gasteiger partial charge in [0, 0.05) is 19.7 Å². The van der Waals surface area contributed by atoms with E-state index in [1.54, 1.807) is 0 Å². The number of aryl methyl sites for hydroxylation is 1. The van der Waals surface area contributed by atoms with Gasteiger partial charge in [0.2, 0.25) is 0 Å². The minimum atomic E-state index is 0.403. The second kappa shape index (κ2) is 4.57. The standard InChI is InChI=1S/C14H20N2O/c15-13-7-1-4-11-5-2-8-16(14(11)13)10-12-6-3-9-17-12/h1,4,7,12H,2-3,5-6,8-10,15H2. The summed E-state index contributed by atoms with van der Waals surface area (Å²) in [4.78, 5) is 2.42. The number of fused-ring (bicyclic) bond motifs is 1. The van der Waals surface area contributed by atoms with Crippen molar-refractivity contribution in [2.24, 2.45) is 0 Å². The smallest absolute Gasteiger partial charge is 0.0750 e. The number of para-hydroxylation sites is 1. The highest BCUT2D eigenvalue weighted by molar-refractivity contribution is 5.72. The molecule has 1 atom stereocenters. The lowest BCUT2D eigenvalue weighted by Crippen LogP contribution is -2.36. The molecule has 0 radical (unpaired) electrons. The van der Waals surface area contributed by atoms with Crippen LogP contribution >= 0.6 is 0 Å². The van der Waals surface area contributed by atoms with Crippen molar-refractivity contribution in [2.75, 3.05) is 30.3 Å². The van der Waals surface area contributed by atoms with E-state index in [4.69, 9.17) is 10.5 Å². The number of ether oxygens (including phenoxy) is 1. The van der Waals surface area contributed by atoms with Gasteiger partial charge in [-0.1, -0.05) is 12.1 Å². The number of nitrogens with two attached hydrogens (primary N) is 1. The van der Waals surface area contributed by atoms with Crippen LogP contribution in [0.4, 0.5) is 11.4 Å². The van der Waals surface area contributed by atoms with Crippen LogP contribution in [0.1, 0.15) is 24.8 Å². The fourth-order valence-electron chi connectivity index (χ4n) is 2.99. The molecule has 3 heteroatoms. The number of hydrogen-bond acceptors (Lipinski definition) is 3. The minimum absolute atomic E-state index is 0.403. The van der Waals surface area contributed by atoms with E-state index in [1.807, 2.05) is 6.07 Å². The average molecular weight is 232 g/mol. The van der Waals surface area contributed by atoms with Gasteiger partial charge in [-0.3, -0.25) is 0 Å². The Morgan fingerprint density at radius 3 is 3.12 bits per heavy atom. The summed E-state index contributed by atoms with van der Waals surface area (Å²) in [6, 6.07) is 6.27. The first-order valence-corrected chi connectivity index (χ1v) is 6.58. The Hall–Kier alpha value is -1.22. The van der Waals surface area contributed by atoms with E-state index in [0.717, 1.165) is 31.8 Å². The molecule has 1 fully saturated rings. The van der Waals surface area contributed by atoms with Crippen LogP contribution in [0.15, 0.2) is 18.2 Å². The van der Waals surface area contributed by atoms with E-state index in [0.29, 0.717) is 6.10 Å². The molecule has 0 aliphatic carbocycles. The van der Waals surface area contributed by atoms with Crippen molar-refractivity contribution < 1.29 is 4.74 Å². The Morgan fingerprint density at radius 2 is 2.29 bits per heavy atom. The fourth-order valence-corrected chi connectivity index (χ4v) is 2.99. The summed E-state index contributed by atoms with van der Waals surface area (Å²) in [6.45, 7) is 3.04. The van der Waals surface area contributed by atoms with E-state index >= 15 is 0 Å². The van der Waals surface area contributed by atoms with Crippen LogP contribution in [-0.4, -0.2) is 25.8 Å². The molecule has 2 heterocycles. The number of rotatable bonds is 2. The second-order valence-electron chi connectivity index (χ2n) is 5.04. The lowest BCUT2D eigenvalue weighted by molar-refractivity contribution is 0.115. The van der Waals surface area contributed by atoms with Gasteiger partial charge in [-0.25, -0.2) is 0 Å². The molecule has 0 bridgehead atoms. The van der Waals surface area contributed by atoms with Crippen LogP contribution in [0, 0.1) is 0 Å². The van der Waals surface area contributed by atoms with Gasteiger partial charge in [0.1, 0.15) is 0 Å². The molecule has 2 aliphatic heterocycles. The van der Waals surface area contributed by atoms with Gasteiger partial charge in [-0.2, -0.15) is 0 Å². The maximum atomic E-state index is 6.12. The van der Waals surface area contributed by atoms with Crippen LogP contribution in [0.5, 0.6) is 0 Å². The third-order valence-corrected chi connectivity index (χ3v) is 3.79. The molecule has 92 valence electrons. The third kappa shape index (κ3) is 2.12. The second-order valence-corrected chi connectivity index (χ2v) is 5.04. The van der Waals surface area contributed by atoms with Crippen molar-refractivity contribution in [3.63, 3.8) is 0 Å². The molecular weight excluding hydrogens is 212 g/mol. The van der Waals surface area contributed by atoms with Crippen molar-refractivity contribution in [3.05, 3.63) is 23.8 Å². The first kappa shape index (κ1) is 10.9. The van der Waals surface area contributed by atoms with Gasteiger partial charge in [0.25, 0.3) is 0 Å². The van der Waals surface area contributed by atoms with E-state index in [2.05, 4.69) is 17.0 Å². The maximum absolute atomic E-state index is 6.12. The molecule has 1 unspecified atom stereocenters. The molecule has 17 heavy (non-hydrogen) atoms. The number of nitrogens with zero attached hydrogens (tertiary/aromatic N) is 1. The third-order valence-electron chi connectivity index (χ3n) is 3.79. The zero-order chi connectivity index (χ0) is 11.7. The molecule has 3 nitrogen and oxygen atoms in total. The molecule has 1 aromatic carbocycles. The van der Waals surface area contributed by atoms with Crippen molar-refractivity contribution >= 4 is 11.4 Å². The monoisotopic (exact) mass is 232 g/mol. The topological polar surface area (TPSA) is 38.5 Å². The fraction of sp³-hybridized carbons (Fsp3) is 0.571.